The second-order valence-corrected chi connectivity index (χ2v) is 5.26. The second kappa shape index (κ2) is 4.05. The molecule has 1 rings (SSSR count). The molecule has 0 unspecified atom stereocenters. The van der Waals surface area contributed by atoms with Crippen molar-refractivity contribution in [2.24, 2.45) is 0 Å². The van der Waals surface area contributed by atoms with E-state index in [1.54, 1.807) is 0 Å². The van der Waals surface area contributed by atoms with E-state index in [-0.39, 0.29) is 5.56 Å². The first kappa shape index (κ1) is 11.1. The van der Waals surface area contributed by atoms with Crippen LogP contribution in [0.25, 0.3) is 0 Å². The van der Waals surface area contributed by atoms with Gasteiger partial charge < -0.3 is 0 Å². The van der Waals surface area contributed by atoms with Gasteiger partial charge in [-0.3, -0.25) is 9.78 Å². The number of hydrogen-bond acceptors (Lipinski definition) is 4. The van der Waals surface area contributed by atoms with Crippen LogP contribution >= 0.6 is 15.9 Å². The minimum atomic E-state index is -3.53. The number of nitrogens with zero attached hydrogens (tertiary/aromatic N) is 1. The Morgan fingerprint density at radius 1 is 1.50 bits per heavy atom. The summed E-state index contributed by atoms with van der Waals surface area (Å²) in [7, 11) is -3.53. The summed E-state index contributed by atoms with van der Waals surface area (Å²) >= 11 is 3.12. The highest BCUT2D eigenvalue weighted by atomic mass is 79.9. The van der Waals surface area contributed by atoms with Crippen LogP contribution in [0.1, 0.15) is 10.4 Å². The van der Waals surface area contributed by atoms with Gasteiger partial charge in [0.05, 0.1) is 11.8 Å². The highest BCUT2D eigenvalue weighted by Crippen LogP contribution is 2.09. The second-order valence-electron chi connectivity index (χ2n) is 2.60. The molecule has 0 saturated heterocycles. The smallest absolute Gasteiger partial charge is 0.266 e. The van der Waals surface area contributed by atoms with E-state index in [2.05, 4.69) is 20.9 Å². The number of pyridine rings is 1. The Bertz CT molecular complexity index is 458. The van der Waals surface area contributed by atoms with Crippen LogP contribution in [0, 0.1) is 0 Å². The minimum Gasteiger partial charge on any atom is -0.268 e. The summed E-state index contributed by atoms with van der Waals surface area (Å²) in [6.45, 7) is 0. The van der Waals surface area contributed by atoms with Crippen molar-refractivity contribution in [2.75, 3.05) is 6.26 Å². The largest absolute Gasteiger partial charge is 0.268 e. The number of hydrogen-bond donors (Lipinski definition) is 1. The Balaban J connectivity index is 2.91. The van der Waals surface area contributed by atoms with E-state index in [4.69, 9.17) is 0 Å². The van der Waals surface area contributed by atoms with Crippen LogP contribution in [0.5, 0.6) is 0 Å². The van der Waals surface area contributed by atoms with Gasteiger partial charge in [0, 0.05) is 16.9 Å². The van der Waals surface area contributed by atoms with E-state index in [1.165, 1.54) is 18.5 Å². The molecule has 0 aliphatic rings. The number of aromatic nitrogens is 1. The molecule has 0 radical (unpaired) electrons. The van der Waals surface area contributed by atoms with Crippen LogP contribution in [-0.2, 0) is 10.0 Å². The van der Waals surface area contributed by atoms with Gasteiger partial charge in [-0.1, -0.05) is 0 Å². The highest BCUT2D eigenvalue weighted by Gasteiger charge is 2.11. The fraction of sp³-hybridized carbons (Fsp3) is 0.143. The van der Waals surface area contributed by atoms with Crippen LogP contribution in [0.15, 0.2) is 22.9 Å². The highest BCUT2D eigenvalue weighted by molar-refractivity contribution is 9.10. The van der Waals surface area contributed by atoms with Gasteiger partial charge in [0.25, 0.3) is 5.91 Å². The number of carbonyl (C=O) groups is 1. The minimum absolute atomic E-state index is 0.185. The molecule has 1 heterocycles. The summed E-state index contributed by atoms with van der Waals surface area (Å²) in [6.07, 6.45) is 3.69. The average Bonchev–Trinajstić information content (AvgIpc) is 2.01. The lowest BCUT2D eigenvalue weighted by atomic mass is 10.3. The quantitative estimate of drug-likeness (QED) is 0.857. The van der Waals surface area contributed by atoms with Crippen LogP contribution in [0.3, 0.4) is 0 Å². The monoisotopic (exact) mass is 278 g/mol. The number of nitrogens with one attached hydrogen (secondary N) is 1. The van der Waals surface area contributed by atoms with Crippen molar-refractivity contribution in [1.29, 1.82) is 0 Å². The molecular formula is C7H7BrN2O3S. The molecule has 1 aromatic heterocycles. The van der Waals surface area contributed by atoms with Gasteiger partial charge in [-0.25, -0.2) is 13.1 Å². The zero-order valence-corrected chi connectivity index (χ0v) is 9.59. The number of carbonyl (C=O) groups excluding carboxylic acids is 1. The molecule has 0 bridgehead atoms. The van der Waals surface area contributed by atoms with E-state index >= 15 is 0 Å². The summed E-state index contributed by atoms with van der Waals surface area (Å²) in [5, 5.41) is 0. The van der Waals surface area contributed by atoms with Gasteiger partial charge in [0.1, 0.15) is 0 Å². The maximum absolute atomic E-state index is 11.3. The molecule has 76 valence electrons. The maximum atomic E-state index is 11.3. The summed E-state index contributed by atoms with van der Waals surface area (Å²) < 4.78 is 23.9. The molecule has 14 heavy (non-hydrogen) atoms. The van der Waals surface area contributed by atoms with Crippen LogP contribution in [0.2, 0.25) is 0 Å². The van der Waals surface area contributed by atoms with Crippen LogP contribution in [-0.4, -0.2) is 25.6 Å². The normalized spacial score (nSPS) is 11.0. The standard InChI is InChI=1S/C7H7BrN2O3S/c1-14(12,13)10-7(11)5-2-6(8)4-9-3-5/h2-4H,1H3,(H,10,11). The first-order valence-electron chi connectivity index (χ1n) is 3.51. The van der Waals surface area contributed by atoms with E-state index in [0.29, 0.717) is 4.47 Å². The molecule has 0 saturated carbocycles. The third kappa shape index (κ3) is 3.43. The predicted molar refractivity (Wildman–Crippen MR) is 54.2 cm³/mol. The van der Waals surface area contributed by atoms with Crippen molar-refractivity contribution in [3.63, 3.8) is 0 Å². The van der Waals surface area contributed by atoms with Crippen LogP contribution < -0.4 is 4.72 Å². The third-order valence-corrected chi connectivity index (χ3v) is 2.24. The Hall–Kier alpha value is -0.950. The molecule has 0 aliphatic carbocycles. The Morgan fingerprint density at radius 2 is 2.14 bits per heavy atom. The van der Waals surface area contributed by atoms with E-state index in [0.717, 1.165) is 6.26 Å². The fourth-order valence-corrected chi connectivity index (χ4v) is 1.58. The van der Waals surface area contributed by atoms with Crippen molar-refractivity contribution < 1.29 is 13.2 Å². The molecule has 1 N–H and O–H groups in total. The predicted octanol–water partition coefficient (Wildman–Crippen LogP) is 0.533. The van der Waals surface area contributed by atoms with Gasteiger partial charge in [0.15, 0.2) is 0 Å². The fourth-order valence-electron chi connectivity index (χ4n) is 0.763. The molecule has 1 amide bonds. The first-order valence-corrected chi connectivity index (χ1v) is 6.19. The van der Waals surface area contributed by atoms with Gasteiger partial charge >= 0.3 is 0 Å². The number of amides is 1. The maximum Gasteiger partial charge on any atom is 0.266 e. The summed E-state index contributed by atoms with van der Waals surface area (Å²) in [6, 6.07) is 1.48. The van der Waals surface area contributed by atoms with Crippen molar-refractivity contribution >= 4 is 31.9 Å². The van der Waals surface area contributed by atoms with Gasteiger partial charge in [0.2, 0.25) is 10.0 Å². The zero-order valence-electron chi connectivity index (χ0n) is 7.19. The topological polar surface area (TPSA) is 76.1 Å². The van der Waals surface area contributed by atoms with E-state index in [9.17, 15) is 13.2 Å². The molecule has 0 aromatic carbocycles. The molecule has 0 aliphatic heterocycles. The number of halogens is 1. The lowest BCUT2D eigenvalue weighted by molar-refractivity contribution is 0.0981. The molecule has 0 spiro atoms. The first-order chi connectivity index (χ1) is 6.38. The number of sulfonamides is 1. The molecule has 0 atom stereocenters. The van der Waals surface area contributed by atoms with Crippen molar-refractivity contribution in [1.82, 2.24) is 9.71 Å². The SMILES string of the molecule is CS(=O)(=O)NC(=O)c1cncc(Br)c1. The van der Waals surface area contributed by atoms with E-state index < -0.39 is 15.9 Å². The van der Waals surface area contributed by atoms with Crippen molar-refractivity contribution in [3.05, 3.63) is 28.5 Å². The lowest BCUT2D eigenvalue weighted by Gasteiger charge is -2.01. The molecule has 0 fully saturated rings. The van der Waals surface area contributed by atoms with Gasteiger partial charge in [-0.05, 0) is 22.0 Å². The lowest BCUT2D eigenvalue weighted by Crippen LogP contribution is -2.29. The summed E-state index contributed by atoms with van der Waals surface area (Å²) in [5.74, 6) is -0.693. The molecular weight excluding hydrogens is 272 g/mol. The zero-order chi connectivity index (χ0) is 10.8. The third-order valence-electron chi connectivity index (χ3n) is 1.25. The van der Waals surface area contributed by atoms with Crippen molar-refractivity contribution in [2.45, 2.75) is 0 Å². The molecule has 5 nitrogen and oxygen atoms in total. The Morgan fingerprint density at radius 3 is 2.64 bits per heavy atom. The summed E-state index contributed by atoms with van der Waals surface area (Å²) in [4.78, 5) is 15.0. The van der Waals surface area contributed by atoms with Gasteiger partial charge in [-0.15, -0.1) is 0 Å². The number of rotatable bonds is 2. The molecule has 7 heteroatoms. The van der Waals surface area contributed by atoms with Crippen LogP contribution in [0.4, 0.5) is 0 Å². The van der Waals surface area contributed by atoms with Crippen molar-refractivity contribution in [3.8, 4) is 0 Å². The Kier molecular flexibility index (Phi) is 3.22. The molecule has 1 aromatic rings. The average molecular weight is 279 g/mol. The summed E-state index contributed by atoms with van der Waals surface area (Å²) in [5.41, 5.74) is 0.185. The Labute approximate surface area is 89.7 Å². The van der Waals surface area contributed by atoms with Gasteiger partial charge in [-0.2, -0.15) is 0 Å². The van der Waals surface area contributed by atoms with E-state index in [1.807, 2.05) is 4.72 Å².